The predicted molar refractivity (Wildman–Crippen MR) is 60.0 cm³/mol. The molecule has 1 fully saturated rings. The van der Waals surface area contributed by atoms with Crippen molar-refractivity contribution in [3.05, 3.63) is 24.0 Å². The molecule has 1 saturated heterocycles. The first-order chi connectivity index (χ1) is 9.09. The zero-order valence-electron chi connectivity index (χ0n) is 9.76. The summed E-state index contributed by atoms with van der Waals surface area (Å²) in [6.07, 6.45) is -3.68. The average Bonchev–Trinajstić information content (AvgIpc) is 2.70. The first-order valence-corrected chi connectivity index (χ1v) is 6.80. The number of rotatable bonds is 2. The third kappa shape index (κ3) is 2.89. The molecule has 0 saturated carbocycles. The Hall–Kier alpha value is -1.71. The van der Waals surface area contributed by atoms with Crippen LogP contribution < -0.4 is 4.90 Å². The molecule has 1 unspecified atom stereocenters. The van der Waals surface area contributed by atoms with Gasteiger partial charge in [0, 0.05) is 19.2 Å². The largest absolute Gasteiger partial charge is 0.417 e. The summed E-state index contributed by atoms with van der Waals surface area (Å²) in [4.78, 5) is 15.7. The fraction of sp³-hybridized carbons (Fsp3) is 0.400. The molecule has 0 spiro atoms. The number of alkyl halides is 3. The summed E-state index contributed by atoms with van der Waals surface area (Å²) in [7, 11) is -4.92. The Balaban J connectivity index is 2.32. The molecule has 1 aliphatic heterocycles. The van der Waals surface area contributed by atoms with Crippen molar-refractivity contribution in [1.29, 1.82) is 0 Å². The Morgan fingerprint density at radius 1 is 1.30 bits per heavy atom. The Morgan fingerprint density at radius 2 is 1.95 bits per heavy atom. The standard InChI is InChI=1S/C10H8F4N2O3S/c11-10(12,13)6-1-7(4-15-3-6)16-5-8(2-9(16)17)20(14,18)19/h1,3-4,8H,2,5H2. The average molecular weight is 312 g/mol. The van der Waals surface area contributed by atoms with E-state index in [0.717, 1.165) is 11.1 Å². The van der Waals surface area contributed by atoms with Gasteiger partial charge in [-0.05, 0) is 6.07 Å². The maximum atomic E-state index is 12.8. The van der Waals surface area contributed by atoms with Gasteiger partial charge in [-0.3, -0.25) is 9.78 Å². The highest BCUT2D eigenvalue weighted by molar-refractivity contribution is 7.87. The Bertz CT molecular complexity index is 644. The topological polar surface area (TPSA) is 67.3 Å². The van der Waals surface area contributed by atoms with Gasteiger partial charge in [0.15, 0.2) is 0 Å². The van der Waals surface area contributed by atoms with Gasteiger partial charge in [0.2, 0.25) is 5.91 Å². The van der Waals surface area contributed by atoms with Crippen molar-refractivity contribution in [2.24, 2.45) is 0 Å². The lowest BCUT2D eigenvalue weighted by Crippen LogP contribution is -2.27. The van der Waals surface area contributed by atoms with Gasteiger partial charge in [0.25, 0.3) is 0 Å². The molecule has 1 aromatic heterocycles. The van der Waals surface area contributed by atoms with E-state index in [9.17, 15) is 30.3 Å². The van der Waals surface area contributed by atoms with Gasteiger partial charge in [-0.1, -0.05) is 0 Å². The van der Waals surface area contributed by atoms with E-state index in [4.69, 9.17) is 0 Å². The Morgan fingerprint density at radius 3 is 2.45 bits per heavy atom. The van der Waals surface area contributed by atoms with Crippen LogP contribution in [0.4, 0.5) is 22.7 Å². The fourth-order valence-electron chi connectivity index (χ4n) is 1.84. The molecule has 1 amide bonds. The summed E-state index contributed by atoms with van der Waals surface area (Å²) in [5.74, 6) is -0.766. The molecule has 110 valence electrons. The highest BCUT2D eigenvalue weighted by atomic mass is 32.3. The van der Waals surface area contributed by atoms with E-state index in [0.29, 0.717) is 12.3 Å². The summed E-state index contributed by atoms with van der Waals surface area (Å²) >= 11 is 0. The lowest BCUT2D eigenvalue weighted by Gasteiger charge is -2.17. The van der Waals surface area contributed by atoms with Crippen LogP contribution >= 0.6 is 0 Å². The highest BCUT2D eigenvalue weighted by Crippen LogP contribution is 2.32. The Kier molecular flexibility index (Phi) is 3.44. The van der Waals surface area contributed by atoms with Crippen molar-refractivity contribution in [2.75, 3.05) is 11.4 Å². The number of hydrogen-bond donors (Lipinski definition) is 0. The summed E-state index contributed by atoms with van der Waals surface area (Å²) in [6.45, 7) is -0.527. The van der Waals surface area contributed by atoms with Crippen LogP contribution in [0.5, 0.6) is 0 Å². The maximum Gasteiger partial charge on any atom is 0.417 e. The van der Waals surface area contributed by atoms with Crippen molar-refractivity contribution >= 4 is 21.8 Å². The van der Waals surface area contributed by atoms with E-state index in [1.807, 2.05) is 0 Å². The van der Waals surface area contributed by atoms with Gasteiger partial charge < -0.3 is 4.90 Å². The highest BCUT2D eigenvalue weighted by Gasteiger charge is 2.40. The molecule has 0 radical (unpaired) electrons. The zero-order chi connectivity index (χ0) is 15.1. The quantitative estimate of drug-likeness (QED) is 0.613. The van der Waals surface area contributed by atoms with E-state index in [1.54, 1.807) is 0 Å². The molecule has 1 aliphatic rings. The molecule has 0 N–H and O–H groups in total. The SMILES string of the molecule is O=C1CC(S(=O)(=O)F)CN1c1cncc(C(F)(F)F)c1. The number of aromatic nitrogens is 1. The molecular weight excluding hydrogens is 304 g/mol. The van der Waals surface area contributed by atoms with Gasteiger partial charge in [0.05, 0.1) is 17.4 Å². The minimum absolute atomic E-state index is 0.212. The minimum atomic E-state index is -4.92. The van der Waals surface area contributed by atoms with Crippen LogP contribution in [0, 0.1) is 0 Å². The van der Waals surface area contributed by atoms with Crippen molar-refractivity contribution < 1.29 is 30.3 Å². The number of amides is 1. The first kappa shape index (κ1) is 14.7. The van der Waals surface area contributed by atoms with E-state index in [1.165, 1.54) is 0 Å². The second-order valence-electron chi connectivity index (χ2n) is 4.24. The van der Waals surface area contributed by atoms with Crippen molar-refractivity contribution in [3.8, 4) is 0 Å². The number of carbonyl (C=O) groups excluding carboxylic acids is 1. The summed E-state index contributed by atoms with van der Waals surface area (Å²) in [6, 6.07) is 0.665. The van der Waals surface area contributed by atoms with E-state index < -0.39 is 46.1 Å². The third-order valence-electron chi connectivity index (χ3n) is 2.85. The number of hydrogen-bond acceptors (Lipinski definition) is 4. The third-order valence-corrected chi connectivity index (χ3v) is 3.96. The molecule has 20 heavy (non-hydrogen) atoms. The van der Waals surface area contributed by atoms with Gasteiger partial charge in [0.1, 0.15) is 5.25 Å². The monoisotopic (exact) mass is 312 g/mol. The number of anilines is 1. The van der Waals surface area contributed by atoms with Gasteiger partial charge in [-0.15, -0.1) is 3.89 Å². The van der Waals surface area contributed by atoms with Crippen LogP contribution in [-0.4, -0.2) is 31.1 Å². The van der Waals surface area contributed by atoms with Crippen molar-refractivity contribution in [1.82, 2.24) is 4.98 Å². The van der Waals surface area contributed by atoms with Crippen LogP contribution in [0.3, 0.4) is 0 Å². The summed E-state index contributed by atoms with van der Waals surface area (Å²) in [5.41, 5.74) is -1.29. The van der Waals surface area contributed by atoms with Gasteiger partial charge in [-0.2, -0.15) is 21.6 Å². The number of pyridine rings is 1. The van der Waals surface area contributed by atoms with E-state index in [-0.39, 0.29) is 5.69 Å². The smallest absolute Gasteiger partial charge is 0.309 e. The van der Waals surface area contributed by atoms with Crippen molar-refractivity contribution in [3.63, 3.8) is 0 Å². The number of halogens is 4. The molecule has 0 aliphatic carbocycles. The zero-order valence-corrected chi connectivity index (χ0v) is 10.6. The second-order valence-corrected chi connectivity index (χ2v) is 5.85. The van der Waals surface area contributed by atoms with Crippen LogP contribution in [0.2, 0.25) is 0 Å². The lowest BCUT2D eigenvalue weighted by atomic mass is 10.2. The first-order valence-electron chi connectivity index (χ1n) is 5.35. The molecule has 1 atom stereocenters. The second kappa shape index (κ2) is 4.69. The van der Waals surface area contributed by atoms with Crippen LogP contribution in [0.1, 0.15) is 12.0 Å². The van der Waals surface area contributed by atoms with Crippen molar-refractivity contribution in [2.45, 2.75) is 17.8 Å². The van der Waals surface area contributed by atoms with Gasteiger partial charge in [-0.25, -0.2) is 0 Å². The molecular formula is C10H8F4N2O3S. The molecule has 5 nitrogen and oxygen atoms in total. The van der Waals surface area contributed by atoms with Gasteiger partial charge >= 0.3 is 16.4 Å². The predicted octanol–water partition coefficient (Wildman–Crippen LogP) is 1.51. The van der Waals surface area contributed by atoms with Crippen LogP contribution in [0.15, 0.2) is 18.5 Å². The molecule has 10 heteroatoms. The summed E-state index contributed by atoms with van der Waals surface area (Å²) in [5, 5.41) is -1.57. The molecule has 0 aromatic carbocycles. The summed E-state index contributed by atoms with van der Waals surface area (Å²) < 4.78 is 71.9. The normalized spacial score (nSPS) is 20.5. The van der Waals surface area contributed by atoms with Crippen LogP contribution in [-0.2, 0) is 21.2 Å². The van der Waals surface area contributed by atoms with E-state index in [2.05, 4.69) is 4.98 Å². The maximum absolute atomic E-state index is 12.8. The lowest BCUT2D eigenvalue weighted by molar-refractivity contribution is -0.137. The molecule has 1 aromatic rings. The Labute approximate surface area is 111 Å². The molecule has 0 bridgehead atoms. The number of carbonyl (C=O) groups is 1. The number of nitrogens with zero attached hydrogens (tertiary/aromatic N) is 2. The molecule has 2 heterocycles. The van der Waals surface area contributed by atoms with Crippen LogP contribution in [0.25, 0.3) is 0 Å². The fourth-order valence-corrected chi connectivity index (χ4v) is 2.51. The minimum Gasteiger partial charge on any atom is -0.309 e. The molecule has 2 rings (SSSR count). The van der Waals surface area contributed by atoms with E-state index >= 15 is 0 Å².